The Morgan fingerprint density at radius 1 is 1.07 bits per heavy atom. The smallest absolute Gasteiger partial charge is 0.344 e. The highest BCUT2D eigenvalue weighted by atomic mass is 16.5. The zero-order valence-corrected chi connectivity index (χ0v) is 16.6. The lowest BCUT2D eigenvalue weighted by Crippen LogP contribution is -2.23. The first-order valence-corrected chi connectivity index (χ1v) is 9.36. The van der Waals surface area contributed by atoms with Crippen molar-refractivity contribution in [3.05, 3.63) is 71.5 Å². The quantitative estimate of drug-likeness (QED) is 0.582. The number of aryl methyl sites for hydroxylation is 1. The molecule has 1 aromatic heterocycles. The normalized spacial score (nSPS) is 10.3. The summed E-state index contributed by atoms with van der Waals surface area (Å²) < 4.78 is 10.3. The number of nitrogens with zero attached hydrogens (tertiary/aromatic N) is 1. The van der Waals surface area contributed by atoms with Crippen LogP contribution in [0.3, 0.4) is 0 Å². The van der Waals surface area contributed by atoms with E-state index in [0.717, 1.165) is 0 Å². The highest BCUT2D eigenvalue weighted by molar-refractivity contribution is 6.00. The summed E-state index contributed by atoms with van der Waals surface area (Å²) in [7, 11) is 0. The molecule has 2 aromatic carbocycles. The molecule has 0 radical (unpaired) electrons. The molecule has 0 atom stereocenters. The Kier molecular flexibility index (Phi) is 6.59. The molecule has 30 heavy (non-hydrogen) atoms. The number of carbonyl (C=O) groups is 3. The van der Waals surface area contributed by atoms with Crippen molar-refractivity contribution in [2.24, 2.45) is 0 Å². The van der Waals surface area contributed by atoms with Crippen LogP contribution in [-0.2, 0) is 9.53 Å². The van der Waals surface area contributed by atoms with Gasteiger partial charge in [0, 0.05) is 23.4 Å². The lowest BCUT2D eigenvalue weighted by atomic mass is 10.1. The Balaban J connectivity index is 1.64. The zero-order chi connectivity index (χ0) is 21.5. The molecule has 0 aliphatic heterocycles. The van der Waals surface area contributed by atoms with Gasteiger partial charge in [0.2, 0.25) is 0 Å². The predicted octanol–water partition coefficient (Wildman–Crippen LogP) is 3.20. The van der Waals surface area contributed by atoms with E-state index in [2.05, 4.69) is 15.8 Å². The van der Waals surface area contributed by atoms with Gasteiger partial charge in [0.25, 0.3) is 11.8 Å². The molecule has 3 aromatic rings. The van der Waals surface area contributed by atoms with E-state index in [1.807, 2.05) is 25.1 Å². The standard InChI is InChI=1S/C22H21N3O5/c1-3-23-21(27)16-10-7-11-17(12-16)24-18(26)13-29-22(28)19-14(2)30-25-20(19)15-8-5-4-6-9-15/h4-12H,3,13H2,1-2H3,(H,23,27)(H,24,26). The molecule has 0 bridgehead atoms. The Morgan fingerprint density at radius 2 is 1.83 bits per heavy atom. The van der Waals surface area contributed by atoms with Gasteiger partial charge in [-0.3, -0.25) is 9.59 Å². The fourth-order valence-corrected chi connectivity index (χ4v) is 2.81. The van der Waals surface area contributed by atoms with Crippen LogP contribution in [0.5, 0.6) is 0 Å². The predicted molar refractivity (Wildman–Crippen MR) is 110 cm³/mol. The molecule has 0 spiro atoms. The first kappa shape index (κ1) is 20.8. The summed E-state index contributed by atoms with van der Waals surface area (Å²) in [6.45, 7) is 3.42. The molecule has 154 valence electrons. The molecular weight excluding hydrogens is 386 g/mol. The summed E-state index contributed by atoms with van der Waals surface area (Å²) in [4.78, 5) is 36.6. The molecule has 0 saturated heterocycles. The Morgan fingerprint density at radius 3 is 2.57 bits per heavy atom. The van der Waals surface area contributed by atoms with Crippen LogP contribution in [0.25, 0.3) is 11.3 Å². The summed E-state index contributed by atoms with van der Waals surface area (Å²) in [5.74, 6) is -1.18. The minimum absolute atomic E-state index is 0.173. The van der Waals surface area contributed by atoms with Gasteiger partial charge in [-0.25, -0.2) is 4.79 Å². The topological polar surface area (TPSA) is 111 Å². The van der Waals surface area contributed by atoms with Crippen LogP contribution in [0.1, 0.15) is 33.4 Å². The van der Waals surface area contributed by atoms with Gasteiger partial charge >= 0.3 is 5.97 Å². The maximum atomic E-state index is 12.5. The van der Waals surface area contributed by atoms with E-state index in [4.69, 9.17) is 9.26 Å². The Bertz CT molecular complexity index is 1060. The lowest BCUT2D eigenvalue weighted by molar-refractivity contribution is -0.119. The summed E-state index contributed by atoms with van der Waals surface area (Å²) in [5, 5.41) is 9.22. The largest absolute Gasteiger partial charge is 0.452 e. The van der Waals surface area contributed by atoms with Crippen LogP contribution in [0.4, 0.5) is 5.69 Å². The molecule has 0 aliphatic rings. The van der Waals surface area contributed by atoms with Crippen molar-refractivity contribution in [2.75, 3.05) is 18.5 Å². The summed E-state index contributed by atoms with van der Waals surface area (Å²) in [6, 6.07) is 15.5. The highest BCUT2D eigenvalue weighted by Crippen LogP contribution is 2.25. The van der Waals surface area contributed by atoms with Gasteiger partial charge in [0.1, 0.15) is 17.0 Å². The van der Waals surface area contributed by atoms with Gasteiger partial charge in [0.05, 0.1) is 0 Å². The number of hydrogen-bond donors (Lipinski definition) is 2. The van der Waals surface area contributed by atoms with Gasteiger partial charge in [0.15, 0.2) is 6.61 Å². The summed E-state index contributed by atoms with van der Waals surface area (Å²) in [5.41, 5.74) is 2.07. The number of amides is 2. The average Bonchev–Trinajstić information content (AvgIpc) is 3.14. The first-order chi connectivity index (χ1) is 14.5. The molecule has 1 heterocycles. The monoisotopic (exact) mass is 407 g/mol. The summed E-state index contributed by atoms with van der Waals surface area (Å²) >= 11 is 0. The van der Waals surface area contributed by atoms with Gasteiger partial charge in [-0.1, -0.05) is 41.6 Å². The third-order valence-electron chi connectivity index (χ3n) is 4.19. The number of hydrogen-bond acceptors (Lipinski definition) is 6. The third-order valence-corrected chi connectivity index (χ3v) is 4.19. The van der Waals surface area contributed by atoms with Gasteiger partial charge in [-0.15, -0.1) is 0 Å². The van der Waals surface area contributed by atoms with Gasteiger partial charge in [-0.05, 0) is 32.0 Å². The average molecular weight is 407 g/mol. The molecule has 3 rings (SSSR count). The van der Waals surface area contributed by atoms with Crippen molar-refractivity contribution >= 4 is 23.5 Å². The second-order valence-corrected chi connectivity index (χ2v) is 6.39. The molecule has 0 unspecified atom stereocenters. The van der Waals surface area contributed by atoms with Crippen molar-refractivity contribution in [2.45, 2.75) is 13.8 Å². The molecule has 8 heteroatoms. The van der Waals surface area contributed by atoms with E-state index in [9.17, 15) is 14.4 Å². The number of rotatable bonds is 7. The van der Waals surface area contributed by atoms with Crippen LogP contribution in [-0.4, -0.2) is 36.1 Å². The second-order valence-electron chi connectivity index (χ2n) is 6.39. The minimum Gasteiger partial charge on any atom is -0.452 e. The van der Waals surface area contributed by atoms with Crippen molar-refractivity contribution in [1.82, 2.24) is 10.5 Å². The lowest BCUT2D eigenvalue weighted by Gasteiger charge is -2.08. The van der Waals surface area contributed by atoms with Crippen LogP contribution >= 0.6 is 0 Å². The summed E-state index contributed by atoms with van der Waals surface area (Å²) in [6.07, 6.45) is 0. The van der Waals surface area contributed by atoms with E-state index in [0.29, 0.717) is 34.8 Å². The maximum absolute atomic E-state index is 12.5. The van der Waals surface area contributed by atoms with Crippen molar-refractivity contribution in [3.8, 4) is 11.3 Å². The van der Waals surface area contributed by atoms with Crippen LogP contribution < -0.4 is 10.6 Å². The fraction of sp³-hybridized carbons (Fsp3) is 0.182. The van der Waals surface area contributed by atoms with E-state index in [1.54, 1.807) is 43.3 Å². The zero-order valence-electron chi connectivity index (χ0n) is 16.6. The third kappa shape index (κ3) is 4.91. The first-order valence-electron chi connectivity index (χ1n) is 9.36. The SMILES string of the molecule is CCNC(=O)c1cccc(NC(=O)COC(=O)c2c(-c3ccccc3)noc2C)c1. The Labute approximate surface area is 173 Å². The van der Waals surface area contributed by atoms with Crippen LogP contribution in [0.2, 0.25) is 0 Å². The molecule has 8 nitrogen and oxygen atoms in total. The molecule has 2 amide bonds. The van der Waals surface area contributed by atoms with Crippen LogP contribution in [0.15, 0.2) is 59.1 Å². The van der Waals surface area contributed by atoms with Crippen molar-refractivity contribution in [1.29, 1.82) is 0 Å². The molecular formula is C22H21N3O5. The Hall–Kier alpha value is -3.94. The second kappa shape index (κ2) is 9.51. The van der Waals surface area contributed by atoms with Crippen LogP contribution in [0, 0.1) is 6.92 Å². The van der Waals surface area contributed by atoms with Crippen molar-refractivity contribution in [3.63, 3.8) is 0 Å². The number of nitrogens with one attached hydrogen (secondary N) is 2. The van der Waals surface area contributed by atoms with E-state index in [-0.39, 0.29) is 11.5 Å². The molecule has 0 saturated carbocycles. The number of ether oxygens (including phenoxy) is 1. The van der Waals surface area contributed by atoms with Crippen molar-refractivity contribution < 1.29 is 23.6 Å². The van der Waals surface area contributed by atoms with E-state index < -0.39 is 18.5 Å². The maximum Gasteiger partial charge on any atom is 0.344 e. The molecule has 0 fully saturated rings. The number of anilines is 1. The van der Waals surface area contributed by atoms with E-state index in [1.165, 1.54) is 0 Å². The minimum atomic E-state index is -0.709. The van der Waals surface area contributed by atoms with Gasteiger partial charge < -0.3 is 19.9 Å². The number of aromatic nitrogens is 1. The molecule has 0 aliphatic carbocycles. The molecule has 2 N–H and O–H groups in total. The highest BCUT2D eigenvalue weighted by Gasteiger charge is 2.23. The van der Waals surface area contributed by atoms with Gasteiger partial charge in [-0.2, -0.15) is 0 Å². The number of esters is 1. The number of benzene rings is 2. The number of carbonyl (C=O) groups excluding carboxylic acids is 3. The van der Waals surface area contributed by atoms with E-state index >= 15 is 0 Å². The fourth-order valence-electron chi connectivity index (χ4n) is 2.81.